The summed E-state index contributed by atoms with van der Waals surface area (Å²) in [5.74, 6) is 1.25. The van der Waals surface area contributed by atoms with Crippen molar-refractivity contribution in [1.82, 2.24) is 0 Å². The molecule has 0 nitrogen and oxygen atoms in total. The van der Waals surface area contributed by atoms with E-state index in [1.807, 2.05) is 17.8 Å². The van der Waals surface area contributed by atoms with E-state index in [0.29, 0.717) is 0 Å². The Morgan fingerprint density at radius 1 is 1.45 bits per heavy atom. The predicted molar refractivity (Wildman–Crippen MR) is 51.0 cm³/mol. The first kappa shape index (κ1) is 6.99. The molecule has 0 aliphatic carbocycles. The van der Waals surface area contributed by atoms with Crippen LogP contribution in [0.25, 0.3) is 6.08 Å². The predicted octanol–water partition coefficient (Wildman–Crippen LogP) is 2.98. The van der Waals surface area contributed by atoms with Crippen LogP contribution >= 0.6 is 11.8 Å². The van der Waals surface area contributed by atoms with Gasteiger partial charge >= 0.3 is 0 Å². The van der Waals surface area contributed by atoms with Crippen LogP contribution in [0.4, 0.5) is 0 Å². The van der Waals surface area contributed by atoms with Gasteiger partial charge in [0, 0.05) is 10.6 Å². The van der Waals surface area contributed by atoms with Gasteiger partial charge in [0.25, 0.3) is 0 Å². The van der Waals surface area contributed by atoms with Gasteiger partial charge in [-0.1, -0.05) is 24.8 Å². The maximum atomic E-state index is 3.75. The molecule has 0 aromatic heterocycles. The summed E-state index contributed by atoms with van der Waals surface area (Å²) in [6.07, 6.45) is 3.13. The summed E-state index contributed by atoms with van der Waals surface area (Å²) in [6.45, 7) is 3.75. The third kappa shape index (κ3) is 1.21. The second-order valence-electron chi connectivity index (χ2n) is 2.67. The van der Waals surface area contributed by atoms with Gasteiger partial charge in [-0.15, -0.1) is 11.8 Å². The van der Waals surface area contributed by atoms with Crippen LogP contribution in [0.3, 0.4) is 0 Å². The number of benzene rings is 1. The Balaban J connectivity index is 2.48. The molecule has 0 saturated carbocycles. The highest BCUT2D eigenvalue weighted by atomic mass is 32.2. The summed E-state index contributed by atoms with van der Waals surface area (Å²) in [4.78, 5) is 1.45. The van der Waals surface area contributed by atoms with Gasteiger partial charge in [-0.3, -0.25) is 0 Å². The molecule has 0 atom stereocenters. The van der Waals surface area contributed by atoms with E-state index in [-0.39, 0.29) is 0 Å². The summed E-state index contributed by atoms with van der Waals surface area (Å²) in [7, 11) is 0. The molecule has 0 N–H and O–H groups in total. The smallest absolute Gasteiger partial charge is 0.0105 e. The molecule has 1 aromatic rings. The average molecular weight is 162 g/mol. The Labute approximate surface area is 71.3 Å². The van der Waals surface area contributed by atoms with Gasteiger partial charge in [-0.05, 0) is 23.6 Å². The average Bonchev–Trinajstić information content (AvgIpc) is 2.50. The Hall–Kier alpha value is -0.690. The van der Waals surface area contributed by atoms with Gasteiger partial charge in [0.05, 0.1) is 0 Å². The van der Waals surface area contributed by atoms with Crippen LogP contribution in [0, 0.1) is 0 Å². The van der Waals surface area contributed by atoms with Gasteiger partial charge in [0.1, 0.15) is 0 Å². The number of rotatable bonds is 1. The van der Waals surface area contributed by atoms with Crippen LogP contribution in [0.15, 0.2) is 29.7 Å². The maximum absolute atomic E-state index is 3.75. The highest BCUT2D eigenvalue weighted by Crippen LogP contribution is 2.31. The number of aryl methyl sites for hydroxylation is 1. The van der Waals surface area contributed by atoms with Gasteiger partial charge in [0.2, 0.25) is 0 Å². The summed E-state index contributed by atoms with van der Waals surface area (Å²) in [6, 6.07) is 6.57. The molecule has 1 heterocycles. The Bertz CT molecular complexity index is 289. The van der Waals surface area contributed by atoms with E-state index in [2.05, 4.69) is 24.8 Å². The van der Waals surface area contributed by atoms with Crippen molar-refractivity contribution in [2.24, 2.45) is 0 Å². The fourth-order valence-corrected chi connectivity index (χ4v) is 2.39. The zero-order valence-electron chi connectivity index (χ0n) is 6.34. The number of fused-ring (bicyclic) bond motifs is 1. The molecule has 1 heteroatoms. The largest absolute Gasteiger partial charge is 0.126 e. The minimum Gasteiger partial charge on any atom is -0.126 e. The normalized spacial score (nSPS) is 14.5. The lowest BCUT2D eigenvalue weighted by Crippen LogP contribution is -1.80. The molecule has 1 aliphatic heterocycles. The third-order valence-corrected chi connectivity index (χ3v) is 3.07. The molecular weight excluding hydrogens is 152 g/mol. The van der Waals surface area contributed by atoms with E-state index < -0.39 is 0 Å². The fraction of sp³-hybridized carbons (Fsp3) is 0.200. The molecule has 0 radical (unpaired) electrons. The Morgan fingerprint density at radius 2 is 2.36 bits per heavy atom. The molecule has 0 fully saturated rings. The van der Waals surface area contributed by atoms with Crippen molar-refractivity contribution in [3.8, 4) is 0 Å². The van der Waals surface area contributed by atoms with Crippen molar-refractivity contribution in [3.63, 3.8) is 0 Å². The van der Waals surface area contributed by atoms with Crippen LogP contribution in [-0.4, -0.2) is 5.75 Å². The zero-order valence-corrected chi connectivity index (χ0v) is 7.16. The van der Waals surface area contributed by atoms with Gasteiger partial charge < -0.3 is 0 Å². The minimum absolute atomic E-state index is 1.22. The molecule has 1 aromatic carbocycles. The van der Waals surface area contributed by atoms with Crippen molar-refractivity contribution in [3.05, 3.63) is 35.9 Å². The maximum Gasteiger partial charge on any atom is 0.0105 e. The highest BCUT2D eigenvalue weighted by molar-refractivity contribution is 7.99. The Morgan fingerprint density at radius 3 is 3.18 bits per heavy atom. The van der Waals surface area contributed by atoms with Crippen molar-refractivity contribution < 1.29 is 0 Å². The minimum atomic E-state index is 1.22. The van der Waals surface area contributed by atoms with Crippen LogP contribution < -0.4 is 0 Å². The summed E-state index contributed by atoms with van der Waals surface area (Å²) >= 11 is 1.95. The third-order valence-electron chi connectivity index (χ3n) is 1.95. The van der Waals surface area contributed by atoms with Gasteiger partial charge in [0.15, 0.2) is 0 Å². The lowest BCUT2D eigenvalue weighted by Gasteiger charge is -1.98. The topological polar surface area (TPSA) is 0 Å². The van der Waals surface area contributed by atoms with Crippen LogP contribution in [0.5, 0.6) is 0 Å². The quantitative estimate of drug-likeness (QED) is 0.611. The van der Waals surface area contributed by atoms with Crippen molar-refractivity contribution in [1.29, 1.82) is 0 Å². The van der Waals surface area contributed by atoms with Gasteiger partial charge in [-0.25, -0.2) is 0 Å². The van der Waals surface area contributed by atoms with E-state index in [0.717, 1.165) is 0 Å². The van der Waals surface area contributed by atoms with Crippen LogP contribution in [-0.2, 0) is 6.42 Å². The van der Waals surface area contributed by atoms with E-state index in [1.54, 1.807) is 0 Å². The summed E-state index contributed by atoms with van der Waals surface area (Å²) in [5.41, 5.74) is 2.73. The molecular formula is C10H10S. The number of thioether (sulfide) groups is 1. The first-order chi connectivity index (χ1) is 5.40. The van der Waals surface area contributed by atoms with Crippen LogP contribution in [0.2, 0.25) is 0 Å². The lowest BCUT2D eigenvalue weighted by molar-refractivity contribution is 1.14. The van der Waals surface area contributed by atoms with Crippen molar-refractivity contribution in [2.75, 3.05) is 5.75 Å². The molecule has 56 valence electrons. The molecule has 0 saturated heterocycles. The SMILES string of the molecule is C=Cc1ccc2c(c1)CCS2. The van der Waals surface area contributed by atoms with E-state index in [4.69, 9.17) is 0 Å². The second kappa shape index (κ2) is 2.74. The molecule has 0 amide bonds. The summed E-state index contributed by atoms with van der Waals surface area (Å²) < 4.78 is 0. The number of hydrogen-bond donors (Lipinski definition) is 0. The standard InChI is InChI=1S/C10H10S/c1-2-8-3-4-10-9(7-8)5-6-11-10/h2-4,7H,1,5-6H2. The van der Waals surface area contributed by atoms with E-state index >= 15 is 0 Å². The number of hydrogen-bond acceptors (Lipinski definition) is 1. The molecule has 11 heavy (non-hydrogen) atoms. The van der Waals surface area contributed by atoms with E-state index in [1.165, 1.54) is 28.2 Å². The molecule has 0 bridgehead atoms. The monoisotopic (exact) mass is 162 g/mol. The lowest BCUT2D eigenvalue weighted by atomic mass is 10.1. The molecule has 1 aliphatic rings. The van der Waals surface area contributed by atoms with Crippen molar-refractivity contribution in [2.45, 2.75) is 11.3 Å². The first-order valence-corrected chi connectivity index (χ1v) is 4.77. The molecule has 0 spiro atoms. The van der Waals surface area contributed by atoms with Crippen molar-refractivity contribution >= 4 is 17.8 Å². The fourth-order valence-electron chi connectivity index (χ4n) is 1.33. The highest BCUT2D eigenvalue weighted by Gasteiger charge is 2.09. The Kier molecular flexibility index (Phi) is 1.74. The van der Waals surface area contributed by atoms with Crippen LogP contribution in [0.1, 0.15) is 11.1 Å². The van der Waals surface area contributed by atoms with Gasteiger partial charge in [-0.2, -0.15) is 0 Å². The molecule has 0 unspecified atom stereocenters. The second-order valence-corrected chi connectivity index (χ2v) is 3.81. The first-order valence-electron chi connectivity index (χ1n) is 3.78. The summed E-state index contributed by atoms with van der Waals surface area (Å²) in [5, 5.41) is 0. The molecule has 2 rings (SSSR count). The zero-order chi connectivity index (χ0) is 7.68. The van der Waals surface area contributed by atoms with E-state index in [9.17, 15) is 0 Å².